The molecule has 0 aliphatic carbocycles. The van der Waals surface area contributed by atoms with Gasteiger partial charge in [0.05, 0.1) is 26.1 Å². The maximum absolute atomic E-state index is 12.6. The SMILES string of the molecule is Br.CCC(C)C(C(=O)OCC[N+](C)(CC)CC)c1ccccc1.N.[Br-]. The molecule has 0 saturated heterocycles. The summed E-state index contributed by atoms with van der Waals surface area (Å²) in [7, 11) is 2.21. The van der Waals surface area contributed by atoms with E-state index in [0.717, 1.165) is 36.1 Å². The second-order valence-electron chi connectivity index (χ2n) is 6.42. The summed E-state index contributed by atoms with van der Waals surface area (Å²) in [4.78, 5) is 12.6. The number of nitrogens with zero attached hydrogens (tertiary/aromatic N) is 1. The Morgan fingerprint density at radius 1 is 1.12 bits per heavy atom. The van der Waals surface area contributed by atoms with Crippen molar-refractivity contribution in [2.75, 3.05) is 33.3 Å². The third-order valence-electron chi connectivity index (χ3n) is 5.03. The van der Waals surface area contributed by atoms with Crippen LogP contribution in [0, 0.1) is 5.92 Å². The van der Waals surface area contributed by atoms with Gasteiger partial charge < -0.3 is 32.4 Å². The van der Waals surface area contributed by atoms with E-state index < -0.39 is 0 Å². The highest BCUT2D eigenvalue weighted by Crippen LogP contribution is 2.28. The van der Waals surface area contributed by atoms with E-state index in [1.807, 2.05) is 30.3 Å². The molecule has 0 aliphatic heterocycles. The van der Waals surface area contributed by atoms with Gasteiger partial charge in [-0.3, -0.25) is 4.79 Å². The van der Waals surface area contributed by atoms with Crippen molar-refractivity contribution in [3.05, 3.63) is 35.9 Å². The van der Waals surface area contributed by atoms with Crippen LogP contribution in [0.3, 0.4) is 0 Å². The van der Waals surface area contributed by atoms with Crippen LogP contribution in [0.15, 0.2) is 30.3 Å². The smallest absolute Gasteiger partial charge is 0.313 e. The van der Waals surface area contributed by atoms with Crippen LogP contribution < -0.4 is 23.1 Å². The Labute approximate surface area is 175 Å². The van der Waals surface area contributed by atoms with Gasteiger partial charge in [-0.1, -0.05) is 50.6 Å². The maximum Gasteiger partial charge on any atom is 0.313 e. The minimum absolute atomic E-state index is 0. The highest BCUT2D eigenvalue weighted by Gasteiger charge is 2.28. The lowest BCUT2D eigenvalue weighted by atomic mass is 9.86. The van der Waals surface area contributed by atoms with Crippen LogP contribution >= 0.6 is 17.0 Å². The lowest BCUT2D eigenvalue weighted by molar-refractivity contribution is -0.906. The van der Waals surface area contributed by atoms with E-state index >= 15 is 0 Å². The van der Waals surface area contributed by atoms with E-state index in [4.69, 9.17) is 4.74 Å². The number of halogens is 2. The Morgan fingerprint density at radius 3 is 2.08 bits per heavy atom. The minimum Gasteiger partial charge on any atom is -1.00 e. The fraction of sp³-hybridized carbons (Fsp3) is 0.632. The lowest BCUT2D eigenvalue weighted by Crippen LogP contribution is -3.00. The van der Waals surface area contributed by atoms with Crippen molar-refractivity contribution in [2.45, 2.75) is 40.0 Å². The second kappa shape index (κ2) is 14.7. The van der Waals surface area contributed by atoms with Gasteiger partial charge in [0.15, 0.2) is 0 Å². The molecule has 0 heterocycles. The van der Waals surface area contributed by atoms with Gasteiger partial charge >= 0.3 is 5.97 Å². The zero-order chi connectivity index (χ0) is 16.6. The van der Waals surface area contributed by atoms with E-state index in [2.05, 4.69) is 34.7 Å². The summed E-state index contributed by atoms with van der Waals surface area (Å²) in [5.74, 6) is 0.0423. The fourth-order valence-electron chi connectivity index (χ4n) is 2.59. The fourth-order valence-corrected chi connectivity index (χ4v) is 2.59. The summed E-state index contributed by atoms with van der Waals surface area (Å²) in [6, 6.07) is 10.0. The Kier molecular flexibility index (Phi) is 17.3. The molecule has 25 heavy (non-hydrogen) atoms. The van der Waals surface area contributed by atoms with Gasteiger partial charge in [-0.2, -0.15) is 0 Å². The summed E-state index contributed by atoms with van der Waals surface area (Å²) >= 11 is 0. The second-order valence-corrected chi connectivity index (χ2v) is 6.42. The summed E-state index contributed by atoms with van der Waals surface area (Å²) in [6.45, 7) is 12.1. The van der Waals surface area contributed by atoms with Crippen molar-refractivity contribution in [3.63, 3.8) is 0 Å². The molecule has 1 aromatic carbocycles. The molecule has 0 aromatic heterocycles. The molecule has 0 aliphatic rings. The van der Waals surface area contributed by atoms with Gasteiger partial charge in [-0.25, -0.2) is 0 Å². The molecule has 0 fully saturated rings. The van der Waals surface area contributed by atoms with E-state index in [0.29, 0.717) is 6.61 Å². The molecule has 1 rings (SSSR count). The number of ether oxygens (including phenoxy) is 1. The number of likely N-dealkylation sites (N-methyl/N-ethyl adjacent to an activating group) is 1. The van der Waals surface area contributed by atoms with Gasteiger partial charge in [0.2, 0.25) is 0 Å². The van der Waals surface area contributed by atoms with Crippen LogP contribution in [0.1, 0.15) is 45.6 Å². The summed E-state index contributed by atoms with van der Waals surface area (Å²) in [6.07, 6.45) is 0.965. The Bertz CT molecular complexity index is 454. The lowest BCUT2D eigenvalue weighted by Gasteiger charge is -2.32. The zero-order valence-electron chi connectivity index (χ0n) is 16.3. The topological polar surface area (TPSA) is 61.3 Å². The van der Waals surface area contributed by atoms with Crippen LogP contribution in [0.25, 0.3) is 0 Å². The van der Waals surface area contributed by atoms with Crippen molar-refractivity contribution in [1.82, 2.24) is 6.15 Å². The number of esters is 1. The molecule has 3 N–H and O–H groups in total. The summed E-state index contributed by atoms with van der Waals surface area (Å²) in [5.41, 5.74) is 1.06. The van der Waals surface area contributed by atoms with Crippen molar-refractivity contribution in [1.29, 1.82) is 0 Å². The van der Waals surface area contributed by atoms with E-state index in [-0.39, 0.29) is 57.9 Å². The monoisotopic (exact) mass is 482 g/mol. The number of carbonyl (C=O) groups excluding carboxylic acids is 1. The Hall–Kier alpha value is -0.430. The van der Waals surface area contributed by atoms with Gasteiger partial charge in [0.25, 0.3) is 0 Å². The molecule has 6 heteroatoms. The average molecular weight is 484 g/mol. The van der Waals surface area contributed by atoms with Gasteiger partial charge in [-0.05, 0) is 25.3 Å². The molecule has 2 unspecified atom stereocenters. The molecule has 0 amide bonds. The number of rotatable bonds is 9. The molecule has 1 aromatic rings. The van der Waals surface area contributed by atoms with Gasteiger partial charge in [0, 0.05) is 0 Å². The molecule has 148 valence electrons. The van der Waals surface area contributed by atoms with Crippen molar-refractivity contribution < 1.29 is 31.0 Å². The average Bonchev–Trinajstić information content (AvgIpc) is 2.55. The largest absolute Gasteiger partial charge is 1.00 e. The van der Waals surface area contributed by atoms with Gasteiger partial charge in [-0.15, -0.1) is 17.0 Å². The molecule has 0 saturated carbocycles. The Balaban J connectivity index is -0.00000161. The zero-order valence-corrected chi connectivity index (χ0v) is 19.6. The number of benzene rings is 1. The quantitative estimate of drug-likeness (QED) is 0.428. The number of carbonyl (C=O) groups is 1. The highest BCUT2D eigenvalue weighted by atomic mass is 79.9. The summed E-state index contributed by atoms with van der Waals surface area (Å²) in [5, 5.41) is 0. The molecule has 4 nitrogen and oxygen atoms in total. The Morgan fingerprint density at radius 2 is 1.64 bits per heavy atom. The van der Waals surface area contributed by atoms with Crippen molar-refractivity contribution in [3.8, 4) is 0 Å². The number of hydrogen-bond donors (Lipinski definition) is 1. The first-order valence-electron chi connectivity index (χ1n) is 8.52. The van der Waals surface area contributed by atoms with Crippen molar-refractivity contribution in [2.24, 2.45) is 5.92 Å². The normalized spacial score (nSPS) is 12.7. The first kappa shape index (κ1) is 29.3. The van der Waals surface area contributed by atoms with Crippen LogP contribution in [0.2, 0.25) is 0 Å². The third-order valence-corrected chi connectivity index (χ3v) is 5.03. The molecule has 2 atom stereocenters. The predicted molar refractivity (Wildman–Crippen MR) is 107 cm³/mol. The van der Waals surface area contributed by atoms with Crippen LogP contribution in [-0.4, -0.2) is 43.7 Å². The third kappa shape index (κ3) is 9.18. The molecule has 0 spiro atoms. The number of hydrogen-bond acceptors (Lipinski definition) is 3. The van der Waals surface area contributed by atoms with Gasteiger partial charge in [0.1, 0.15) is 13.2 Å². The molecular formula is C19H36Br2N2O2. The van der Waals surface area contributed by atoms with E-state index in [1.54, 1.807) is 0 Å². The van der Waals surface area contributed by atoms with Crippen LogP contribution in [-0.2, 0) is 9.53 Å². The number of quaternary nitrogens is 1. The predicted octanol–water partition coefficient (Wildman–Crippen LogP) is 1.59. The first-order valence-corrected chi connectivity index (χ1v) is 8.52. The maximum atomic E-state index is 12.6. The molecular weight excluding hydrogens is 448 g/mol. The van der Waals surface area contributed by atoms with E-state index in [9.17, 15) is 4.79 Å². The highest BCUT2D eigenvalue weighted by molar-refractivity contribution is 8.93. The standard InChI is InChI=1S/C19H32NO2.2BrH.H3N/c1-6-16(4)18(17-12-10-9-11-13-17)19(21)22-15-14-20(5,7-2)8-3;;;/h9-13,16,18H,6-8,14-15H2,1-5H3;2*1H;1H3/q+1;;;/p-1. The van der Waals surface area contributed by atoms with E-state index in [1.165, 1.54) is 0 Å². The summed E-state index contributed by atoms with van der Waals surface area (Å²) < 4.78 is 6.56. The first-order chi connectivity index (χ1) is 10.5. The van der Waals surface area contributed by atoms with Crippen LogP contribution in [0.4, 0.5) is 0 Å². The minimum atomic E-state index is -0.159. The van der Waals surface area contributed by atoms with Crippen molar-refractivity contribution >= 4 is 23.0 Å². The van der Waals surface area contributed by atoms with Crippen LogP contribution in [0.5, 0.6) is 0 Å². The molecule has 0 radical (unpaired) electrons. The molecule has 0 bridgehead atoms.